The zero-order valence-electron chi connectivity index (χ0n) is 18.1. The van der Waals surface area contributed by atoms with E-state index in [-0.39, 0.29) is 11.8 Å². The molecule has 2 heterocycles. The highest BCUT2D eigenvalue weighted by Crippen LogP contribution is 2.35. The van der Waals surface area contributed by atoms with Crippen LogP contribution in [0.4, 0.5) is 5.69 Å². The number of hydrogen-bond donors (Lipinski definition) is 2. The number of methoxy groups -OCH3 is 1. The van der Waals surface area contributed by atoms with E-state index in [1.165, 1.54) is 0 Å². The van der Waals surface area contributed by atoms with Crippen molar-refractivity contribution in [2.24, 2.45) is 5.92 Å². The van der Waals surface area contributed by atoms with Crippen molar-refractivity contribution in [3.63, 3.8) is 0 Å². The van der Waals surface area contributed by atoms with Crippen LogP contribution in [0.15, 0.2) is 79.1 Å². The molecule has 0 spiro atoms. The summed E-state index contributed by atoms with van der Waals surface area (Å²) in [7, 11) is 1.62. The summed E-state index contributed by atoms with van der Waals surface area (Å²) in [6.07, 6.45) is 4.12. The molecule has 7 nitrogen and oxygen atoms in total. The van der Waals surface area contributed by atoms with Crippen molar-refractivity contribution in [1.82, 2.24) is 10.2 Å². The van der Waals surface area contributed by atoms with Crippen molar-refractivity contribution < 1.29 is 19.0 Å². The number of para-hydroxylation sites is 1. The van der Waals surface area contributed by atoms with Crippen LogP contribution >= 0.6 is 0 Å². The first-order valence-electron chi connectivity index (χ1n) is 10.7. The third kappa shape index (κ3) is 4.52. The second kappa shape index (κ2) is 9.08. The molecular weight excluding hydrogens is 418 g/mol. The molecule has 0 aliphatic carbocycles. The average Bonchev–Trinajstić information content (AvgIpc) is 3.40. The van der Waals surface area contributed by atoms with E-state index in [1.54, 1.807) is 13.3 Å². The van der Waals surface area contributed by atoms with Gasteiger partial charge in [0.1, 0.15) is 23.9 Å². The van der Waals surface area contributed by atoms with Crippen molar-refractivity contribution >= 4 is 11.6 Å². The molecule has 1 aliphatic heterocycles. The van der Waals surface area contributed by atoms with Crippen LogP contribution in [-0.2, 0) is 11.2 Å². The lowest BCUT2D eigenvalue weighted by Gasteiger charge is -2.25. The van der Waals surface area contributed by atoms with Gasteiger partial charge in [-0.15, -0.1) is 0 Å². The minimum absolute atomic E-state index is 0.127. The predicted octanol–water partition coefficient (Wildman–Crippen LogP) is 5.07. The molecule has 0 bridgehead atoms. The molecule has 1 aromatic heterocycles. The SMILES string of the molecule is COc1ccc2c(c1)CC(C(=O)Nc1ccc(-c3cn[nH]c3)cc1Oc1ccccc1)CO2. The van der Waals surface area contributed by atoms with E-state index in [0.29, 0.717) is 30.2 Å². The van der Waals surface area contributed by atoms with Crippen molar-refractivity contribution in [2.45, 2.75) is 6.42 Å². The Morgan fingerprint density at radius 2 is 1.94 bits per heavy atom. The number of rotatable bonds is 6. The number of amides is 1. The molecule has 0 fully saturated rings. The summed E-state index contributed by atoms with van der Waals surface area (Å²) >= 11 is 0. The number of aromatic amines is 1. The van der Waals surface area contributed by atoms with Crippen molar-refractivity contribution in [2.75, 3.05) is 19.0 Å². The zero-order valence-corrected chi connectivity index (χ0v) is 18.1. The number of hydrogen-bond acceptors (Lipinski definition) is 5. The molecule has 1 unspecified atom stereocenters. The second-order valence-corrected chi connectivity index (χ2v) is 7.79. The van der Waals surface area contributed by atoms with Gasteiger partial charge in [-0.3, -0.25) is 9.89 Å². The Morgan fingerprint density at radius 1 is 1.06 bits per heavy atom. The van der Waals surface area contributed by atoms with E-state index in [2.05, 4.69) is 15.5 Å². The molecule has 2 N–H and O–H groups in total. The van der Waals surface area contributed by atoms with Crippen LogP contribution in [0.2, 0.25) is 0 Å². The molecule has 7 heteroatoms. The van der Waals surface area contributed by atoms with Gasteiger partial charge in [-0.05, 0) is 60.0 Å². The normalized spacial score (nSPS) is 14.6. The van der Waals surface area contributed by atoms with Gasteiger partial charge in [0, 0.05) is 11.8 Å². The van der Waals surface area contributed by atoms with E-state index >= 15 is 0 Å². The van der Waals surface area contributed by atoms with Crippen molar-refractivity contribution in [3.05, 3.63) is 84.7 Å². The zero-order chi connectivity index (χ0) is 22.6. The highest BCUT2D eigenvalue weighted by Gasteiger charge is 2.27. The fraction of sp³-hybridized carbons (Fsp3) is 0.154. The van der Waals surface area contributed by atoms with Crippen molar-refractivity contribution in [3.8, 4) is 34.1 Å². The molecule has 166 valence electrons. The molecule has 5 rings (SSSR count). The van der Waals surface area contributed by atoms with E-state index in [1.807, 2.05) is 72.9 Å². The van der Waals surface area contributed by atoms with E-state index in [0.717, 1.165) is 28.2 Å². The first kappa shape index (κ1) is 20.6. The number of nitrogens with one attached hydrogen (secondary N) is 2. The summed E-state index contributed by atoms with van der Waals surface area (Å²) in [4.78, 5) is 13.2. The molecule has 1 amide bonds. The number of anilines is 1. The number of carbonyl (C=O) groups is 1. The number of nitrogens with zero attached hydrogens (tertiary/aromatic N) is 1. The minimum atomic E-state index is -0.331. The molecule has 0 radical (unpaired) electrons. The van der Waals surface area contributed by atoms with Crippen LogP contribution in [0.5, 0.6) is 23.0 Å². The van der Waals surface area contributed by atoms with E-state index in [4.69, 9.17) is 14.2 Å². The van der Waals surface area contributed by atoms with Crippen LogP contribution in [-0.4, -0.2) is 29.8 Å². The molecule has 3 aromatic carbocycles. The standard InChI is InChI=1S/C26H23N3O4/c1-31-22-8-10-24-18(12-22)11-19(16-32-24)26(30)29-23-9-7-17(20-14-27-28-15-20)13-25(23)33-21-5-3-2-4-6-21/h2-10,12-15,19H,11,16H2,1H3,(H,27,28)(H,29,30). The number of ether oxygens (including phenoxy) is 3. The Kier molecular flexibility index (Phi) is 5.68. The van der Waals surface area contributed by atoms with Gasteiger partial charge < -0.3 is 19.5 Å². The van der Waals surface area contributed by atoms with Crippen LogP contribution in [0.1, 0.15) is 5.56 Å². The second-order valence-electron chi connectivity index (χ2n) is 7.79. The van der Waals surface area contributed by atoms with Crippen LogP contribution < -0.4 is 19.5 Å². The first-order valence-corrected chi connectivity index (χ1v) is 10.7. The van der Waals surface area contributed by atoms with E-state index in [9.17, 15) is 4.79 Å². The summed E-state index contributed by atoms with van der Waals surface area (Å²) in [6.45, 7) is 0.313. The van der Waals surface area contributed by atoms with Gasteiger partial charge in [-0.2, -0.15) is 5.10 Å². The topological polar surface area (TPSA) is 85.5 Å². The van der Waals surface area contributed by atoms with Gasteiger partial charge in [-0.1, -0.05) is 24.3 Å². The summed E-state index contributed by atoms with van der Waals surface area (Å²) in [5.41, 5.74) is 3.40. The van der Waals surface area contributed by atoms with Crippen LogP contribution in [0, 0.1) is 5.92 Å². The maximum absolute atomic E-state index is 13.2. The molecule has 4 aromatic rings. The predicted molar refractivity (Wildman–Crippen MR) is 125 cm³/mol. The summed E-state index contributed by atoms with van der Waals surface area (Å²) in [6, 6.07) is 20.8. The number of carbonyl (C=O) groups excluding carboxylic acids is 1. The maximum Gasteiger partial charge on any atom is 0.231 e. The molecule has 33 heavy (non-hydrogen) atoms. The number of benzene rings is 3. The van der Waals surface area contributed by atoms with Gasteiger partial charge in [0.25, 0.3) is 0 Å². The highest BCUT2D eigenvalue weighted by atomic mass is 16.5. The quantitative estimate of drug-likeness (QED) is 0.436. The highest BCUT2D eigenvalue weighted by molar-refractivity contribution is 5.95. The Labute approximate surface area is 191 Å². The number of fused-ring (bicyclic) bond motifs is 1. The summed E-state index contributed by atoms with van der Waals surface area (Å²) < 4.78 is 17.3. The Hall–Kier alpha value is -4.26. The third-order valence-corrected chi connectivity index (χ3v) is 5.59. The molecular formula is C26H23N3O4. The van der Waals surface area contributed by atoms with Gasteiger partial charge in [0.05, 0.1) is 24.9 Å². The summed E-state index contributed by atoms with van der Waals surface area (Å²) in [5.74, 6) is 2.30. The van der Waals surface area contributed by atoms with E-state index < -0.39 is 0 Å². The number of H-pyrrole nitrogens is 1. The van der Waals surface area contributed by atoms with Crippen molar-refractivity contribution in [1.29, 1.82) is 0 Å². The monoisotopic (exact) mass is 441 g/mol. The summed E-state index contributed by atoms with van der Waals surface area (Å²) in [5, 5.41) is 9.87. The third-order valence-electron chi connectivity index (χ3n) is 5.59. The molecule has 0 saturated carbocycles. The van der Waals surface area contributed by atoms with Gasteiger partial charge in [0.2, 0.25) is 5.91 Å². The van der Waals surface area contributed by atoms with Crippen LogP contribution in [0.25, 0.3) is 11.1 Å². The average molecular weight is 441 g/mol. The number of aromatic nitrogens is 2. The Morgan fingerprint density at radius 3 is 2.73 bits per heavy atom. The Bertz CT molecular complexity index is 1260. The lowest BCUT2D eigenvalue weighted by molar-refractivity contribution is -0.121. The molecule has 1 aliphatic rings. The lowest BCUT2D eigenvalue weighted by Crippen LogP contribution is -2.32. The van der Waals surface area contributed by atoms with Crippen LogP contribution in [0.3, 0.4) is 0 Å². The maximum atomic E-state index is 13.2. The minimum Gasteiger partial charge on any atom is -0.497 e. The van der Waals surface area contributed by atoms with Gasteiger partial charge >= 0.3 is 0 Å². The fourth-order valence-electron chi connectivity index (χ4n) is 3.81. The largest absolute Gasteiger partial charge is 0.497 e. The van der Waals surface area contributed by atoms with Gasteiger partial charge in [-0.25, -0.2) is 0 Å². The molecule has 1 atom stereocenters. The first-order chi connectivity index (χ1) is 16.2. The van der Waals surface area contributed by atoms with Gasteiger partial charge in [0.15, 0.2) is 5.75 Å². The molecule has 0 saturated heterocycles. The fourth-order valence-corrected chi connectivity index (χ4v) is 3.81. The lowest BCUT2D eigenvalue weighted by atomic mass is 9.95. The smallest absolute Gasteiger partial charge is 0.231 e. The Balaban J connectivity index is 1.39.